The van der Waals surface area contributed by atoms with Crippen LogP contribution in [0.15, 0.2) is 180 Å². The first-order valence-corrected chi connectivity index (χ1v) is 19.4. The van der Waals surface area contributed by atoms with E-state index >= 15 is 0 Å². The van der Waals surface area contributed by atoms with Crippen molar-refractivity contribution in [1.82, 2.24) is 0 Å². The second-order valence-corrected chi connectivity index (χ2v) is 15.9. The molecule has 1 aliphatic carbocycles. The Bertz CT molecular complexity index is 3040. The number of fused-ring (bicyclic) bond motifs is 9. The molecule has 0 saturated carbocycles. The summed E-state index contributed by atoms with van der Waals surface area (Å²) < 4.78 is 8.94. The number of anilines is 3. The first kappa shape index (κ1) is 31.1. The number of benzene rings is 8. The van der Waals surface area contributed by atoms with Crippen LogP contribution in [-0.2, 0) is 5.41 Å². The Morgan fingerprint density at radius 1 is 0.463 bits per heavy atom. The van der Waals surface area contributed by atoms with Gasteiger partial charge in [0.25, 0.3) is 0 Å². The van der Waals surface area contributed by atoms with Crippen LogP contribution in [0.4, 0.5) is 17.1 Å². The van der Waals surface area contributed by atoms with Crippen molar-refractivity contribution in [2.75, 3.05) is 4.90 Å². The molecule has 2 heterocycles. The fourth-order valence-corrected chi connectivity index (χ4v) is 10.2. The fraction of sp³-hybridized carbons (Fsp3) is 0.0588. The summed E-state index contributed by atoms with van der Waals surface area (Å²) in [7, 11) is 0. The summed E-state index contributed by atoms with van der Waals surface area (Å²) in [5.74, 6) is 0. The minimum absolute atomic E-state index is 0.139. The van der Waals surface area contributed by atoms with Crippen LogP contribution in [0.3, 0.4) is 0 Å². The van der Waals surface area contributed by atoms with Crippen LogP contribution in [0.5, 0.6) is 0 Å². The number of nitrogens with zero attached hydrogens (tertiary/aromatic N) is 1. The molecule has 0 aliphatic heterocycles. The Balaban J connectivity index is 1.10. The van der Waals surface area contributed by atoms with Gasteiger partial charge in [-0.3, -0.25) is 0 Å². The smallest absolute Gasteiger partial charge is 0.136 e. The van der Waals surface area contributed by atoms with E-state index in [2.05, 4.69) is 183 Å². The largest absolute Gasteiger partial charge is 0.456 e. The van der Waals surface area contributed by atoms with Gasteiger partial charge in [-0.25, -0.2) is 0 Å². The summed E-state index contributed by atoms with van der Waals surface area (Å²) in [4.78, 5) is 2.37. The average molecular weight is 710 g/mol. The van der Waals surface area contributed by atoms with Crippen LogP contribution in [0.25, 0.3) is 75.5 Å². The molecule has 0 amide bonds. The van der Waals surface area contributed by atoms with Crippen molar-refractivity contribution < 1.29 is 4.42 Å². The molecule has 0 atom stereocenters. The first-order chi connectivity index (χ1) is 26.5. The van der Waals surface area contributed by atoms with Crippen LogP contribution < -0.4 is 4.90 Å². The highest BCUT2D eigenvalue weighted by Gasteiger charge is 2.37. The Morgan fingerprint density at radius 2 is 1.13 bits per heavy atom. The van der Waals surface area contributed by atoms with Crippen molar-refractivity contribution in [3.05, 3.63) is 187 Å². The molecule has 0 unspecified atom stereocenters. The van der Waals surface area contributed by atoms with Gasteiger partial charge in [0.1, 0.15) is 11.2 Å². The summed E-state index contributed by atoms with van der Waals surface area (Å²) in [6.45, 7) is 4.75. The molecule has 0 bridgehead atoms. The summed E-state index contributed by atoms with van der Waals surface area (Å²) in [6.07, 6.45) is 0. The van der Waals surface area contributed by atoms with Gasteiger partial charge in [0, 0.05) is 59.0 Å². The van der Waals surface area contributed by atoms with E-state index < -0.39 is 0 Å². The van der Waals surface area contributed by atoms with Gasteiger partial charge < -0.3 is 9.32 Å². The Hall–Kier alpha value is -6.42. The van der Waals surface area contributed by atoms with E-state index in [1.807, 2.05) is 23.5 Å². The van der Waals surface area contributed by atoms with E-state index in [4.69, 9.17) is 4.42 Å². The van der Waals surface area contributed by atoms with E-state index in [-0.39, 0.29) is 5.41 Å². The lowest BCUT2D eigenvalue weighted by molar-refractivity contribution is 0.660. The number of thiophene rings is 1. The molecule has 0 N–H and O–H groups in total. The molecule has 10 aromatic rings. The van der Waals surface area contributed by atoms with E-state index in [0.29, 0.717) is 0 Å². The number of rotatable bonds is 5. The molecule has 1 aliphatic rings. The number of furan rings is 1. The van der Waals surface area contributed by atoms with Gasteiger partial charge in [0.2, 0.25) is 0 Å². The maximum absolute atomic E-state index is 6.33. The molecule has 0 spiro atoms. The second-order valence-electron chi connectivity index (χ2n) is 14.9. The average Bonchev–Trinajstić information content (AvgIpc) is 3.86. The third-order valence-corrected chi connectivity index (χ3v) is 12.7. The molecular weight excluding hydrogens is 675 g/mol. The van der Waals surface area contributed by atoms with Crippen LogP contribution in [-0.4, -0.2) is 0 Å². The van der Waals surface area contributed by atoms with Crippen LogP contribution in [0, 0.1) is 0 Å². The third kappa shape index (κ3) is 4.58. The highest BCUT2D eigenvalue weighted by atomic mass is 32.1. The molecule has 2 aromatic heterocycles. The molecule has 0 radical (unpaired) electrons. The second kappa shape index (κ2) is 11.8. The SMILES string of the molecule is CC1(C)c2ccc(N(c3ccccc3)c3ccccc3)cc2-c2c(-c3cccc4c3sc3cccc(-c5ccc6c(c5)oc5ccccc56)c34)cccc21. The lowest BCUT2D eigenvalue weighted by Gasteiger charge is -2.27. The summed E-state index contributed by atoms with van der Waals surface area (Å²) in [5.41, 5.74) is 15.5. The number of para-hydroxylation sites is 3. The van der Waals surface area contributed by atoms with Crippen molar-refractivity contribution in [3.63, 3.8) is 0 Å². The number of hydrogen-bond donors (Lipinski definition) is 0. The molecule has 0 fully saturated rings. The van der Waals surface area contributed by atoms with Crippen molar-refractivity contribution in [3.8, 4) is 33.4 Å². The topological polar surface area (TPSA) is 16.4 Å². The van der Waals surface area contributed by atoms with Gasteiger partial charge in [0.05, 0.1) is 0 Å². The number of hydrogen-bond acceptors (Lipinski definition) is 3. The molecule has 2 nitrogen and oxygen atoms in total. The fourth-order valence-electron chi connectivity index (χ4n) is 8.95. The Kier molecular flexibility index (Phi) is 6.80. The molecule has 0 saturated heterocycles. The predicted molar refractivity (Wildman–Crippen MR) is 230 cm³/mol. The Morgan fingerprint density at radius 3 is 1.94 bits per heavy atom. The molecule has 11 rings (SSSR count). The lowest BCUT2D eigenvalue weighted by atomic mass is 9.82. The monoisotopic (exact) mass is 709 g/mol. The van der Waals surface area contributed by atoms with E-state index in [9.17, 15) is 0 Å². The minimum atomic E-state index is -0.139. The van der Waals surface area contributed by atoms with Crippen LogP contribution in [0.2, 0.25) is 0 Å². The van der Waals surface area contributed by atoms with E-state index in [1.165, 1.54) is 64.7 Å². The van der Waals surface area contributed by atoms with Crippen LogP contribution in [0.1, 0.15) is 25.0 Å². The standard InChI is InChI=1S/C51H35NOS/c1-51(2)43-29-27-35(52(33-14-5-3-6-15-33)34-16-7-4-8-17-34)31-42(43)48-39(20-12-23-44(48)51)40-21-11-22-41-49-36(19-13-25-47(49)54-50(40)41)32-26-28-38-37-18-9-10-24-45(37)53-46(38)30-32/h3-31H,1-2H3. The minimum Gasteiger partial charge on any atom is -0.456 e. The third-order valence-electron chi connectivity index (χ3n) is 11.5. The zero-order valence-electron chi connectivity index (χ0n) is 30.0. The van der Waals surface area contributed by atoms with Crippen molar-refractivity contribution in [2.24, 2.45) is 0 Å². The van der Waals surface area contributed by atoms with Gasteiger partial charge in [0.15, 0.2) is 0 Å². The van der Waals surface area contributed by atoms with Crippen molar-refractivity contribution in [1.29, 1.82) is 0 Å². The zero-order valence-corrected chi connectivity index (χ0v) is 30.8. The highest BCUT2D eigenvalue weighted by molar-refractivity contribution is 7.26. The molecule has 3 heteroatoms. The van der Waals surface area contributed by atoms with E-state index in [1.54, 1.807) is 0 Å². The zero-order chi connectivity index (χ0) is 36.0. The highest BCUT2D eigenvalue weighted by Crippen LogP contribution is 2.55. The molecule has 256 valence electrons. The molecular formula is C51H35NOS. The van der Waals surface area contributed by atoms with Gasteiger partial charge in [-0.15, -0.1) is 11.3 Å². The maximum atomic E-state index is 6.33. The van der Waals surface area contributed by atoms with E-state index in [0.717, 1.165) is 39.0 Å². The van der Waals surface area contributed by atoms with Gasteiger partial charge in [-0.05, 0) is 99.6 Å². The summed E-state index contributed by atoms with van der Waals surface area (Å²) in [5, 5.41) is 4.89. The molecule has 54 heavy (non-hydrogen) atoms. The van der Waals surface area contributed by atoms with Crippen LogP contribution >= 0.6 is 11.3 Å². The Labute approximate surface area is 318 Å². The van der Waals surface area contributed by atoms with Gasteiger partial charge in [-0.1, -0.05) is 129 Å². The maximum Gasteiger partial charge on any atom is 0.136 e. The van der Waals surface area contributed by atoms with Gasteiger partial charge in [-0.2, -0.15) is 0 Å². The lowest BCUT2D eigenvalue weighted by Crippen LogP contribution is -2.15. The summed E-state index contributed by atoms with van der Waals surface area (Å²) >= 11 is 1.90. The predicted octanol–water partition coefficient (Wildman–Crippen LogP) is 15.1. The first-order valence-electron chi connectivity index (χ1n) is 18.6. The molecule has 8 aromatic carbocycles. The van der Waals surface area contributed by atoms with Gasteiger partial charge >= 0.3 is 0 Å². The van der Waals surface area contributed by atoms with Crippen molar-refractivity contribution >= 4 is 70.5 Å². The quantitative estimate of drug-likeness (QED) is 0.177. The summed E-state index contributed by atoms with van der Waals surface area (Å²) in [6, 6.07) is 63.9. The van der Waals surface area contributed by atoms with Crippen molar-refractivity contribution in [2.45, 2.75) is 19.3 Å². The normalized spacial score (nSPS) is 13.1.